The number of aromatic nitrogens is 4. The van der Waals surface area contributed by atoms with Crippen molar-refractivity contribution >= 4 is 23.4 Å². The molecule has 92 valence electrons. The first kappa shape index (κ1) is 12.1. The zero-order valence-electron chi connectivity index (χ0n) is 9.06. The van der Waals surface area contributed by atoms with E-state index >= 15 is 0 Å². The van der Waals surface area contributed by atoms with E-state index in [4.69, 9.17) is 0 Å². The molecule has 2 aromatic heterocycles. The number of aromatic amines is 3. The first-order valence-corrected chi connectivity index (χ1v) is 5.00. The van der Waals surface area contributed by atoms with Crippen LogP contribution in [0.2, 0.25) is 0 Å². The van der Waals surface area contributed by atoms with Crippen molar-refractivity contribution < 1.29 is 0 Å². The number of imidazole rings is 1. The average Bonchev–Trinajstić information content (AvgIpc) is 2.83. The second-order valence-electron chi connectivity index (χ2n) is 3.61. The smallest absolute Gasteiger partial charge is 0.314 e. The van der Waals surface area contributed by atoms with Crippen LogP contribution in [-0.2, 0) is 0 Å². The van der Waals surface area contributed by atoms with Crippen molar-refractivity contribution in [2.75, 3.05) is 0 Å². The van der Waals surface area contributed by atoms with Gasteiger partial charge in [-0.1, -0.05) is 0 Å². The largest absolute Gasteiger partial charge is 0.345 e. The normalized spacial score (nSPS) is 10.2. The second kappa shape index (κ2) is 4.50. The van der Waals surface area contributed by atoms with Crippen LogP contribution in [0.15, 0.2) is 40.2 Å². The molecule has 0 aliphatic heterocycles. The maximum absolute atomic E-state index is 11.2. The molecule has 0 atom stereocenters. The molecular weight excluding hydrogens is 256 g/mol. The van der Waals surface area contributed by atoms with Crippen LogP contribution in [0, 0.1) is 0 Å². The van der Waals surface area contributed by atoms with Gasteiger partial charge in [-0.05, 0) is 18.2 Å². The van der Waals surface area contributed by atoms with Crippen molar-refractivity contribution in [2.24, 2.45) is 0 Å². The highest BCUT2D eigenvalue weighted by molar-refractivity contribution is 5.85. The molecule has 7 heteroatoms. The maximum atomic E-state index is 11.2. The molecule has 1 aromatic carbocycles. The Bertz CT molecular complexity index is 789. The van der Waals surface area contributed by atoms with E-state index in [9.17, 15) is 9.59 Å². The quantitative estimate of drug-likeness (QED) is 0.573. The van der Waals surface area contributed by atoms with Gasteiger partial charge in [0.25, 0.3) is 0 Å². The van der Waals surface area contributed by atoms with Crippen LogP contribution in [0.25, 0.3) is 22.4 Å². The third-order valence-corrected chi connectivity index (χ3v) is 2.49. The lowest BCUT2D eigenvalue weighted by molar-refractivity contribution is 1.15. The number of benzene rings is 1. The van der Waals surface area contributed by atoms with Crippen LogP contribution in [0.4, 0.5) is 0 Å². The molecular formula is C11H9ClN4O2. The third kappa shape index (κ3) is 1.93. The highest BCUT2D eigenvalue weighted by atomic mass is 35.5. The van der Waals surface area contributed by atoms with E-state index in [2.05, 4.69) is 19.9 Å². The summed E-state index contributed by atoms with van der Waals surface area (Å²) in [4.78, 5) is 34.4. The van der Waals surface area contributed by atoms with Crippen molar-refractivity contribution in [3.63, 3.8) is 0 Å². The number of hydrogen-bond donors (Lipinski definition) is 3. The zero-order valence-corrected chi connectivity index (χ0v) is 9.88. The van der Waals surface area contributed by atoms with Gasteiger partial charge in [0.2, 0.25) is 0 Å². The topological polar surface area (TPSA) is 94.4 Å². The number of fused-ring (bicyclic) bond motifs is 1. The van der Waals surface area contributed by atoms with E-state index in [1.165, 1.54) is 0 Å². The molecule has 3 rings (SSSR count). The van der Waals surface area contributed by atoms with Gasteiger partial charge in [-0.3, -0.25) is 9.59 Å². The fourth-order valence-corrected chi connectivity index (χ4v) is 1.69. The van der Waals surface area contributed by atoms with Crippen LogP contribution in [0.5, 0.6) is 0 Å². The van der Waals surface area contributed by atoms with Gasteiger partial charge in [-0.2, -0.15) is 0 Å². The molecule has 18 heavy (non-hydrogen) atoms. The third-order valence-electron chi connectivity index (χ3n) is 2.49. The lowest BCUT2D eigenvalue weighted by Crippen LogP contribution is -2.28. The van der Waals surface area contributed by atoms with Crippen LogP contribution in [0.1, 0.15) is 0 Å². The summed E-state index contributed by atoms with van der Waals surface area (Å²) in [5.41, 5.74) is 0.691. The Morgan fingerprint density at radius 2 is 1.72 bits per heavy atom. The zero-order chi connectivity index (χ0) is 11.8. The molecule has 6 nitrogen and oxygen atoms in total. The minimum absolute atomic E-state index is 0. The number of halogens is 1. The molecule has 3 N–H and O–H groups in total. The van der Waals surface area contributed by atoms with Crippen LogP contribution < -0.4 is 11.1 Å². The van der Waals surface area contributed by atoms with E-state index in [0.29, 0.717) is 16.9 Å². The van der Waals surface area contributed by atoms with E-state index < -0.39 is 11.1 Å². The maximum Gasteiger partial charge on any atom is 0.314 e. The molecule has 0 saturated carbocycles. The summed E-state index contributed by atoms with van der Waals surface area (Å²) >= 11 is 0. The molecule has 0 amide bonds. The van der Waals surface area contributed by atoms with Crippen molar-refractivity contribution in [2.45, 2.75) is 0 Å². The molecule has 0 bridgehead atoms. The molecule has 2 heterocycles. The van der Waals surface area contributed by atoms with Gasteiger partial charge in [0.15, 0.2) is 0 Å². The standard InChI is InChI=1S/C11H8N4O2.ClH/c16-10-11(17)15-8-5-6(1-2-7(8)14-10)9-12-3-4-13-9;/h1-5H,(H,12,13)(H,14,16)(H,15,17);1H. The Morgan fingerprint density at radius 1 is 1.00 bits per heavy atom. The number of nitrogens with one attached hydrogen (secondary N) is 3. The average molecular weight is 265 g/mol. The lowest BCUT2D eigenvalue weighted by Gasteiger charge is -2.00. The minimum Gasteiger partial charge on any atom is -0.345 e. The Kier molecular flexibility index (Phi) is 3.03. The summed E-state index contributed by atoms with van der Waals surface area (Å²) in [6.45, 7) is 0. The molecule has 0 unspecified atom stereocenters. The van der Waals surface area contributed by atoms with Gasteiger partial charge in [-0.25, -0.2) is 4.98 Å². The predicted octanol–water partition coefficient (Wildman–Crippen LogP) is 1.03. The van der Waals surface area contributed by atoms with E-state index in [1.54, 1.807) is 24.5 Å². The van der Waals surface area contributed by atoms with Crippen molar-refractivity contribution in [1.29, 1.82) is 0 Å². The Labute approximate surface area is 107 Å². The van der Waals surface area contributed by atoms with E-state index in [0.717, 1.165) is 5.56 Å². The summed E-state index contributed by atoms with van der Waals surface area (Å²) in [6, 6.07) is 5.30. The molecule has 0 fully saturated rings. The summed E-state index contributed by atoms with van der Waals surface area (Å²) in [5.74, 6) is 0.707. The van der Waals surface area contributed by atoms with E-state index in [-0.39, 0.29) is 12.4 Å². The molecule has 0 radical (unpaired) electrons. The minimum atomic E-state index is -0.658. The van der Waals surface area contributed by atoms with Crippen molar-refractivity contribution in [3.05, 3.63) is 51.3 Å². The van der Waals surface area contributed by atoms with Crippen LogP contribution in [-0.4, -0.2) is 19.9 Å². The fourth-order valence-electron chi connectivity index (χ4n) is 1.69. The van der Waals surface area contributed by atoms with Crippen LogP contribution >= 0.6 is 12.4 Å². The highest BCUT2D eigenvalue weighted by Crippen LogP contribution is 2.17. The van der Waals surface area contributed by atoms with Gasteiger partial charge in [0.05, 0.1) is 11.0 Å². The first-order valence-electron chi connectivity index (χ1n) is 5.00. The summed E-state index contributed by atoms with van der Waals surface area (Å²) in [6.07, 6.45) is 3.37. The van der Waals surface area contributed by atoms with Gasteiger partial charge in [0, 0.05) is 18.0 Å². The number of nitrogens with zero attached hydrogens (tertiary/aromatic N) is 1. The number of hydrogen-bond acceptors (Lipinski definition) is 3. The Morgan fingerprint density at radius 3 is 2.39 bits per heavy atom. The molecule has 0 saturated heterocycles. The predicted molar refractivity (Wildman–Crippen MR) is 70.0 cm³/mol. The second-order valence-corrected chi connectivity index (χ2v) is 3.61. The van der Waals surface area contributed by atoms with Crippen molar-refractivity contribution in [3.8, 4) is 11.4 Å². The van der Waals surface area contributed by atoms with Crippen molar-refractivity contribution in [1.82, 2.24) is 19.9 Å². The SMILES string of the molecule is Cl.O=c1[nH]c2ccc(-c3ncc[nH]3)cc2[nH]c1=O. The van der Waals surface area contributed by atoms with Crippen LogP contribution in [0.3, 0.4) is 0 Å². The number of rotatable bonds is 1. The van der Waals surface area contributed by atoms with Gasteiger partial charge >= 0.3 is 11.1 Å². The van der Waals surface area contributed by atoms with E-state index in [1.807, 2.05) is 6.07 Å². The highest BCUT2D eigenvalue weighted by Gasteiger charge is 2.03. The first-order chi connectivity index (χ1) is 8.24. The lowest BCUT2D eigenvalue weighted by atomic mass is 10.2. The molecule has 3 aromatic rings. The summed E-state index contributed by atoms with van der Waals surface area (Å²) in [7, 11) is 0. The van der Waals surface area contributed by atoms with Gasteiger partial charge in [-0.15, -0.1) is 12.4 Å². The van der Waals surface area contributed by atoms with Gasteiger partial charge in [0.1, 0.15) is 5.82 Å². The number of H-pyrrole nitrogens is 3. The Balaban J connectivity index is 0.00000120. The summed E-state index contributed by atoms with van der Waals surface area (Å²) in [5, 5.41) is 0. The molecule has 0 aliphatic carbocycles. The fraction of sp³-hybridized carbons (Fsp3) is 0. The molecule has 0 spiro atoms. The Hall–Kier alpha value is -2.34. The summed E-state index contributed by atoms with van der Waals surface area (Å²) < 4.78 is 0. The molecule has 0 aliphatic rings. The van der Waals surface area contributed by atoms with Gasteiger partial charge < -0.3 is 15.0 Å². The monoisotopic (exact) mass is 264 g/mol.